The van der Waals surface area contributed by atoms with Crippen LogP contribution in [0.5, 0.6) is 0 Å². The highest BCUT2D eigenvalue weighted by atomic mass is 16.1. The normalized spacial score (nSPS) is 48.9. The molecule has 0 bridgehead atoms. The Bertz CT molecular complexity index is 554. The topological polar surface area (TPSA) is 17.1 Å². The number of hydrogen-bond donors (Lipinski definition) is 0. The van der Waals surface area contributed by atoms with Crippen LogP contribution in [0.4, 0.5) is 0 Å². The SMILES string of the molecule is CC1=C[C@@]2(C)CC[C@H]3[C@@H](CCC4=CC(=O)CC[C@@]43C)[C@@H]2C1. The second kappa shape index (κ2) is 4.33. The van der Waals surface area contributed by atoms with Gasteiger partial charge < -0.3 is 0 Å². The van der Waals surface area contributed by atoms with E-state index in [9.17, 15) is 4.79 Å². The predicted octanol–water partition coefficient (Wildman–Crippen LogP) is 5.07. The first-order chi connectivity index (χ1) is 9.92. The van der Waals surface area contributed by atoms with E-state index in [4.69, 9.17) is 0 Å². The summed E-state index contributed by atoms with van der Waals surface area (Å²) in [6, 6.07) is 0. The summed E-state index contributed by atoms with van der Waals surface area (Å²) in [5, 5.41) is 0. The fraction of sp³-hybridized carbons (Fsp3) is 0.750. The standard InChI is InChI=1S/C20H28O/c1-13-10-18-16-5-4-14-11-15(21)6-9-20(14,3)17(16)7-8-19(18,2)12-13/h11-12,16-18H,4-10H2,1-3H3/t16-,17+,18+,19-,20+/m1/s1. The van der Waals surface area contributed by atoms with Gasteiger partial charge in [-0.1, -0.05) is 31.1 Å². The summed E-state index contributed by atoms with van der Waals surface area (Å²) in [6.45, 7) is 7.30. The molecule has 0 aromatic rings. The highest BCUT2D eigenvalue weighted by molar-refractivity contribution is 5.91. The highest BCUT2D eigenvalue weighted by Gasteiger charge is 2.55. The third kappa shape index (κ3) is 1.85. The number of carbonyl (C=O) groups is 1. The summed E-state index contributed by atoms with van der Waals surface area (Å²) < 4.78 is 0. The van der Waals surface area contributed by atoms with E-state index in [1.54, 1.807) is 5.57 Å². The van der Waals surface area contributed by atoms with E-state index >= 15 is 0 Å². The Labute approximate surface area is 128 Å². The average molecular weight is 284 g/mol. The molecule has 4 rings (SSSR count). The Hall–Kier alpha value is -0.850. The van der Waals surface area contributed by atoms with Gasteiger partial charge in [0.05, 0.1) is 0 Å². The van der Waals surface area contributed by atoms with Gasteiger partial charge in [0.15, 0.2) is 5.78 Å². The monoisotopic (exact) mass is 284 g/mol. The fourth-order valence-corrected chi connectivity index (χ4v) is 6.44. The molecule has 4 aliphatic rings. The Morgan fingerprint density at radius 3 is 2.71 bits per heavy atom. The van der Waals surface area contributed by atoms with Crippen LogP contribution in [0.2, 0.25) is 0 Å². The molecular weight excluding hydrogens is 256 g/mol. The molecular formula is C20H28O. The zero-order valence-electron chi connectivity index (χ0n) is 13.7. The maximum atomic E-state index is 11.8. The van der Waals surface area contributed by atoms with Gasteiger partial charge in [0, 0.05) is 6.42 Å². The maximum absolute atomic E-state index is 11.8. The van der Waals surface area contributed by atoms with Crippen LogP contribution in [-0.4, -0.2) is 5.78 Å². The Balaban J connectivity index is 1.69. The Morgan fingerprint density at radius 2 is 1.90 bits per heavy atom. The summed E-state index contributed by atoms with van der Waals surface area (Å²) >= 11 is 0. The van der Waals surface area contributed by atoms with Gasteiger partial charge in [-0.25, -0.2) is 0 Å². The Morgan fingerprint density at radius 1 is 1.10 bits per heavy atom. The van der Waals surface area contributed by atoms with Crippen LogP contribution in [0.3, 0.4) is 0 Å². The molecule has 0 spiro atoms. The van der Waals surface area contributed by atoms with Crippen LogP contribution >= 0.6 is 0 Å². The van der Waals surface area contributed by atoms with Gasteiger partial charge in [-0.2, -0.15) is 0 Å². The van der Waals surface area contributed by atoms with Crippen LogP contribution in [0.25, 0.3) is 0 Å². The van der Waals surface area contributed by atoms with Crippen LogP contribution in [0.15, 0.2) is 23.3 Å². The third-order valence-electron chi connectivity index (χ3n) is 7.52. The van der Waals surface area contributed by atoms with Crippen molar-refractivity contribution in [3.05, 3.63) is 23.3 Å². The van der Waals surface area contributed by atoms with Crippen molar-refractivity contribution in [1.82, 2.24) is 0 Å². The minimum absolute atomic E-state index is 0.328. The lowest BCUT2D eigenvalue weighted by Crippen LogP contribution is -2.49. The van der Waals surface area contributed by atoms with E-state index in [1.807, 2.05) is 6.08 Å². The summed E-state index contributed by atoms with van der Waals surface area (Å²) in [6.07, 6.45) is 13.0. The number of hydrogen-bond acceptors (Lipinski definition) is 1. The molecule has 5 atom stereocenters. The molecule has 2 saturated carbocycles. The molecule has 0 aliphatic heterocycles. The van der Waals surface area contributed by atoms with Crippen molar-refractivity contribution in [2.24, 2.45) is 28.6 Å². The smallest absolute Gasteiger partial charge is 0.155 e. The molecule has 0 amide bonds. The van der Waals surface area contributed by atoms with E-state index < -0.39 is 0 Å². The van der Waals surface area contributed by atoms with Gasteiger partial charge >= 0.3 is 0 Å². The third-order valence-corrected chi connectivity index (χ3v) is 7.52. The first kappa shape index (κ1) is 13.8. The molecule has 0 saturated heterocycles. The van der Waals surface area contributed by atoms with Crippen molar-refractivity contribution in [1.29, 1.82) is 0 Å². The molecule has 0 N–H and O–H groups in total. The Kier molecular flexibility index (Phi) is 2.85. The molecule has 4 aliphatic carbocycles. The number of rotatable bonds is 0. The molecule has 0 aromatic carbocycles. The molecule has 1 heteroatoms. The first-order valence-electron chi connectivity index (χ1n) is 8.85. The minimum atomic E-state index is 0.328. The van der Waals surface area contributed by atoms with Gasteiger partial charge in [-0.15, -0.1) is 0 Å². The van der Waals surface area contributed by atoms with Crippen molar-refractivity contribution in [3.8, 4) is 0 Å². The molecule has 0 aromatic heterocycles. The van der Waals surface area contributed by atoms with Crippen molar-refractivity contribution < 1.29 is 4.79 Å². The molecule has 114 valence electrons. The van der Waals surface area contributed by atoms with Crippen LogP contribution in [0, 0.1) is 28.6 Å². The lowest BCUT2D eigenvalue weighted by Gasteiger charge is -2.57. The van der Waals surface area contributed by atoms with Crippen molar-refractivity contribution in [2.45, 2.75) is 65.7 Å². The molecule has 21 heavy (non-hydrogen) atoms. The molecule has 0 heterocycles. The lowest BCUT2D eigenvalue weighted by atomic mass is 9.47. The lowest BCUT2D eigenvalue weighted by molar-refractivity contribution is -0.117. The molecule has 2 fully saturated rings. The zero-order valence-corrected chi connectivity index (χ0v) is 13.7. The fourth-order valence-electron chi connectivity index (χ4n) is 6.44. The van der Waals surface area contributed by atoms with Gasteiger partial charge in [-0.05, 0) is 80.1 Å². The van der Waals surface area contributed by atoms with Crippen LogP contribution in [-0.2, 0) is 4.79 Å². The average Bonchev–Trinajstić information content (AvgIpc) is 2.74. The predicted molar refractivity (Wildman–Crippen MR) is 85.9 cm³/mol. The van der Waals surface area contributed by atoms with E-state index in [-0.39, 0.29) is 0 Å². The van der Waals surface area contributed by atoms with Gasteiger partial charge in [0.2, 0.25) is 0 Å². The minimum Gasteiger partial charge on any atom is -0.295 e. The largest absolute Gasteiger partial charge is 0.295 e. The summed E-state index contributed by atoms with van der Waals surface area (Å²) in [4.78, 5) is 11.8. The van der Waals surface area contributed by atoms with Crippen LogP contribution < -0.4 is 0 Å². The van der Waals surface area contributed by atoms with Gasteiger partial charge in [0.1, 0.15) is 0 Å². The molecule has 1 nitrogen and oxygen atoms in total. The summed E-state index contributed by atoms with van der Waals surface area (Å²) in [5.41, 5.74) is 3.90. The summed E-state index contributed by atoms with van der Waals surface area (Å²) in [7, 11) is 0. The van der Waals surface area contributed by atoms with Gasteiger partial charge in [-0.3, -0.25) is 4.79 Å². The maximum Gasteiger partial charge on any atom is 0.155 e. The molecule has 0 radical (unpaired) electrons. The van der Waals surface area contributed by atoms with E-state index in [0.717, 1.165) is 30.6 Å². The first-order valence-corrected chi connectivity index (χ1v) is 8.85. The van der Waals surface area contributed by atoms with Gasteiger partial charge in [0.25, 0.3) is 0 Å². The second-order valence-corrected chi connectivity index (χ2v) is 8.71. The van der Waals surface area contributed by atoms with E-state index in [0.29, 0.717) is 16.6 Å². The second-order valence-electron chi connectivity index (χ2n) is 8.71. The number of fused-ring (bicyclic) bond motifs is 5. The van der Waals surface area contributed by atoms with Crippen LogP contribution in [0.1, 0.15) is 65.7 Å². The van der Waals surface area contributed by atoms with Crippen molar-refractivity contribution in [3.63, 3.8) is 0 Å². The number of allylic oxidation sites excluding steroid dienone is 4. The van der Waals surface area contributed by atoms with Crippen molar-refractivity contribution in [2.75, 3.05) is 0 Å². The van der Waals surface area contributed by atoms with Crippen molar-refractivity contribution >= 4 is 5.78 Å². The van der Waals surface area contributed by atoms with E-state index in [2.05, 4.69) is 26.8 Å². The molecule has 0 unspecified atom stereocenters. The highest BCUT2D eigenvalue weighted by Crippen LogP contribution is 2.64. The number of carbonyl (C=O) groups excluding carboxylic acids is 1. The zero-order chi connectivity index (χ0) is 14.8. The summed E-state index contributed by atoms with van der Waals surface area (Å²) in [5.74, 6) is 2.95. The van der Waals surface area contributed by atoms with E-state index in [1.165, 1.54) is 37.7 Å². The number of ketones is 1. The quantitative estimate of drug-likeness (QED) is 0.567.